The first-order valence-electron chi connectivity index (χ1n) is 6.57. The molecular formula is C16H9ClN2O4. The van der Waals surface area contributed by atoms with Crippen LogP contribution in [0, 0.1) is 10.1 Å². The fourth-order valence-corrected chi connectivity index (χ4v) is 2.27. The van der Waals surface area contributed by atoms with Gasteiger partial charge in [-0.3, -0.25) is 10.1 Å². The van der Waals surface area contributed by atoms with Crippen molar-refractivity contribution in [2.24, 2.45) is 4.99 Å². The van der Waals surface area contributed by atoms with Gasteiger partial charge in [0.25, 0.3) is 5.69 Å². The van der Waals surface area contributed by atoms with Crippen LogP contribution < -0.4 is 0 Å². The van der Waals surface area contributed by atoms with Crippen molar-refractivity contribution in [3.63, 3.8) is 0 Å². The van der Waals surface area contributed by atoms with Crippen LogP contribution in [0.5, 0.6) is 0 Å². The Labute approximate surface area is 135 Å². The van der Waals surface area contributed by atoms with Crippen molar-refractivity contribution in [2.75, 3.05) is 0 Å². The smallest absolute Gasteiger partial charge is 0.363 e. The molecule has 0 saturated heterocycles. The number of nitro groups is 1. The molecule has 0 aromatic heterocycles. The van der Waals surface area contributed by atoms with E-state index in [1.807, 2.05) is 0 Å². The standard InChI is InChI=1S/C16H9ClN2O4/c17-12-7-3-1-5-10(12)9-13-16(20)23-15(18-13)11-6-2-4-8-14(11)19(21)22/h1-9H. The molecule has 3 rings (SSSR count). The third-order valence-corrected chi connectivity index (χ3v) is 3.49. The molecule has 7 heteroatoms. The van der Waals surface area contributed by atoms with Crippen LogP contribution in [0.15, 0.2) is 59.2 Å². The fourth-order valence-electron chi connectivity index (χ4n) is 2.08. The molecule has 6 nitrogen and oxygen atoms in total. The molecule has 0 atom stereocenters. The van der Waals surface area contributed by atoms with Crippen molar-refractivity contribution in [1.29, 1.82) is 0 Å². The molecule has 1 aliphatic heterocycles. The zero-order valence-corrected chi connectivity index (χ0v) is 12.4. The molecule has 0 radical (unpaired) electrons. The highest BCUT2D eigenvalue weighted by atomic mass is 35.5. The van der Waals surface area contributed by atoms with Crippen molar-refractivity contribution >= 4 is 35.2 Å². The molecule has 0 unspecified atom stereocenters. The van der Waals surface area contributed by atoms with E-state index < -0.39 is 10.9 Å². The van der Waals surface area contributed by atoms with Gasteiger partial charge in [-0.2, -0.15) is 0 Å². The van der Waals surface area contributed by atoms with Crippen molar-refractivity contribution in [2.45, 2.75) is 0 Å². The summed E-state index contributed by atoms with van der Waals surface area (Å²) in [6.07, 6.45) is 1.48. The highest BCUT2D eigenvalue weighted by Crippen LogP contribution is 2.26. The molecule has 0 fully saturated rings. The molecule has 2 aromatic rings. The summed E-state index contributed by atoms with van der Waals surface area (Å²) in [7, 11) is 0. The number of cyclic esters (lactones) is 1. The van der Waals surface area contributed by atoms with E-state index in [4.69, 9.17) is 16.3 Å². The Hall–Kier alpha value is -2.99. The molecule has 0 N–H and O–H groups in total. The number of halogens is 1. The van der Waals surface area contributed by atoms with Gasteiger partial charge in [-0.15, -0.1) is 0 Å². The molecular weight excluding hydrogens is 320 g/mol. The Morgan fingerprint density at radius 1 is 1.13 bits per heavy atom. The third-order valence-electron chi connectivity index (χ3n) is 3.15. The molecule has 0 bridgehead atoms. The third kappa shape index (κ3) is 2.97. The molecule has 1 aliphatic rings. The number of nitrogens with zero attached hydrogens (tertiary/aromatic N) is 2. The number of nitro benzene ring substituents is 1. The lowest BCUT2D eigenvalue weighted by atomic mass is 10.2. The highest BCUT2D eigenvalue weighted by Gasteiger charge is 2.28. The van der Waals surface area contributed by atoms with Crippen LogP contribution in [0.25, 0.3) is 6.08 Å². The molecule has 1 heterocycles. The van der Waals surface area contributed by atoms with Crippen LogP contribution in [0.2, 0.25) is 5.02 Å². The Bertz CT molecular complexity index is 874. The molecule has 0 saturated carbocycles. The van der Waals surface area contributed by atoms with Crippen LogP contribution >= 0.6 is 11.6 Å². The minimum absolute atomic E-state index is 0.0336. The van der Waals surface area contributed by atoms with Crippen LogP contribution in [0.3, 0.4) is 0 Å². The maximum absolute atomic E-state index is 11.9. The van der Waals surface area contributed by atoms with Crippen molar-refractivity contribution in [3.8, 4) is 0 Å². The van der Waals surface area contributed by atoms with Gasteiger partial charge in [0, 0.05) is 11.1 Å². The second-order valence-electron chi connectivity index (χ2n) is 4.63. The van der Waals surface area contributed by atoms with Gasteiger partial charge in [-0.1, -0.05) is 41.9 Å². The Morgan fingerprint density at radius 2 is 1.83 bits per heavy atom. The zero-order valence-electron chi connectivity index (χ0n) is 11.6. The van der Waals surface area contributed by atoms with E-state index in [1.54, 1.807) is 30.3 Å². The lowest BCUT2D eigenvalue weighted by Gasteiger charge is -2.00. The minimum atomic E-state index is -0.682. The van der Waals surface area contributed by atoms with Gasteiger partial charge in [-0.25, -0.2) is 9.79 Å². The number of hydrogen-bond acceptors (Lipinski definition) is 5. The molecule has 0 aliphatic carbocycles. The predicted molar refractivity (Wildman–Crippen MR) is 85.2 cm³/mol. The first-order valence-corrected chi connectivity index (χ1v) is 6.95. The Balaban J connectivity index is 2.03. The first-order chi connectivity index (χ1) is 11.1. The zero-order chi connectivity index (χ0) is 16.4. The van der Waals surface area contributed by atoms with E-state index in [1.165, 1.54) is 24.3 Å². The average Bonchev–Trinajstić information content (AvgIpc) is 2.90. The topological polar surface area (TPSA) is 81.8 Å². The van der Waals surface area contributed by atoms with Gasteiger partial charge in [0.05, 0.1) is 4.92 Å². The summed E-state index contributed by atoms with van der Waals surface area (Å²) in [6.45, 7) is 0. The van der Waals surface area contributed by atoms with Gasteiger partial charge in [0.1, 0.15) is 5.56 Å². The van der Waals surface area contributed by atoms with Gasteiger partial charge in [0.2, 0.25) is 5.90 Å². The van der Waals surface area contributed by atoms with E-state index in [0.29, 0.717) is 10.6 Å². The lowest BCUT2D eigenvalue weighted by molar-refractivity contribution is -0.385. The average molecular weight is 329 g/mol. The van der Waals surface area contributed by atoms with Crippen LogP contribution in [-0.4, -0.2) is 16.8 Å². The number of carbonyl (C=O) groups is 1. The number of benzene rings is 2. The summed E-state index contributed by atoms with van der Waals surface area (Å²) in [4.78, 5) is 26.5. The van der Waals surface area contributed by atoms with Crippen molar-refractivity contribution in [3.05, 3.63) is 80.5 Å². The largest absolute Gasteiger partial charge is 0.402 e. The minimum Gasteiger partial charge on any atom is -0.402 e. The van der Waals surface area contributed by atoms with E-state index in [2.05, 4.69) is 4.99 Å². The monoisotopic (exact) mass is 328 g/mol. The second-order valence-corrected chi connectivity index (χ2v) is 5.04. The highest BCUT2D eigenvalue weighted by molar-refractivity contribution is 6.32. The van der Waals surface area contributed by atoms with Gasteiger partial charge in [-0.05, 0) is 23.8 Å². The quantitative estimate of drug-likeness (QED) is 0.373. The predicted octanol–water partition coefficient (Wildman–Crippen LogP) is 3.59. The van der Waals surface area contributed by atoms with E-state index in [-0.39, 0.29) is 22.8 Å². The molecule has 114 valence electrons. The van der Waals surface area contributed by atoms with Gasteiger partial charge >= 0.3 is 5.97 Å². The van der Waals surface area contributed by atoms with E-state index >= 15 is 0 Å². The van der Waals surface area contributed by atoms with Crippen molar-refractivity contribution < 1.29 is 14.5 Å². The fraction of sp³-hybridized carbons (Fsp3) is 0. The molecule has 0 amide bonds. The SMILES string of the molecule is O=C1OC(c2ccccc2[N+](=O)[O-])=NC1=Cc1ccccc1Cl. The van der Waals surface area contributed by atoms with Crippen LogP contribution in [0.1, 0.15) is 11.1 Å². The number of ether oxygens (including phenoxy) is 1. The molecule has 0 spiro atoms. The second kappa shape index (κ2) is 6.02. The van der Waals surface area contributed by atoms with E-state index in [0.717, 1.165) is 0 Å². The summed E-state index contributed by atoms with van der Waals surface area (Å²) in [5.74, 6) is -0.779. The van der Waals surface area contributed by atoms with Crippen molar-refractivity contribution in [1.82, 2.24) is 0 Å². The summed E-state index contributed by atoms with van der Waals surface area (Å²) in [6, 6.07) is 12.9. The van der Waals surface area contributed by atoms with Crippen LogP contribution in [-0.2, 0) is 9.53 Å². The summed E-state index contributed by atoms with van der Waals surface area (Å²) in [5.41, 5.74) is 0.603. The molecule has 23 heavy (non-hydrogen) atoms. The maximum Gasteiger partial charge on any atom is 0.363 e. The van der Waals surface area contributed by atoms with Crippen LogP contribution in [0.4, 0.5) is 5.69 Å². The summed E-state index contributed by atoms with van der Waals surface area (Å²) < 4.78 is 5.06. The number of carbonyl (C=O) groups excluding carboxylic acids is 1. The first kappa shape index (κ1) is 14.9. The normalized spacial score (nSPS) is 15.4. The Kier molecular flexibility index (Phi) is 3.91. The van der Waals surface area contributed by atoms with E-state index in [9.17, 15) is 14.9 Å². The van der Waals surface area contributed by atoms with Gasteiger partial charge < -0.3 is 4.74 Å². The Morgan fingerprint density at radius 3 is 2.57 bits per heavy atom. The number of hydrogen-bond donors (Lipinski definition) is 0. The summed E-state index contributed by atoms with van der Waals surface area (Å²) >= 11 is 6.04. The number of esters is 1. The maximum atomic E-state index is 11.9. The summed E-state index contributed by atoms with van der Waals surface area (Å²) in [5, 5.41) is 11.5. The lowest BCUT2D eigenvalue weighted by Crippen LogP contribution is -2.07. The number of rotatable bonds is 3. The number of para-hydroxylation sites is 1. The number of aliphatic imine (C=N–C) groups is 1. The molecule has 2 aromatic carbocycles. The van der Waals surface area contributed by atoms with Gasteiger partial charge in [0.15, 0.2) is 5.70 Å².